The van der Waals surface area contributed by atoms with Crippen molar-refractivity contribution in [3.63, 3.8) is 0 Å². The second-order valence-electron chi connectivity index (χ2n) is 5.52. The van der Waals surface area contributed by atoms with E-state index < -0.39 is 5.97 Å². The first kappa shape index (κ1) is 11.9. The second-order valence-corrected chi connectivity index (χ2v) is 5.52. The Balaban J connectivity index is 1.96. The summed E-state index contributed by atoms with van der Waals surface area (Å²) in [5, 5.41) is 9.08. The molecule has 3 heteroatoms. The molecule has 1 heterocycles. The summed E-state index contributed by atoms with van der Waals surface area (Å²) in [4.78, 5) is 13.5. The molecule has 16 heavy (non-hydrogen) atoms. The largest absolute Gasteiger partial charge is 0.481 e. The zero-order valence-electron chi connectivity index (χ0n) is 10.4. The molecular weight excluding hydrogens is 202 g/mol. The lowest BCUT2D eigenvalue weighted by Crippen LogP contribution is -2.49. The van der Waals surface area contributed by atoms with E-state index in [0.29, 0.717) is 11.5 Å². The molecule has 1 N–H and O–H groups in total. The average Bonchev–Trinajstić information content (AvgIpc) is 2.60. The van der Waals surface area contributed by atoms with Crippen LogP contribution in [0.2, 0.25) is 0 Å². The van der Waals surface area contributed by atoms with E-state index in [9.17, 15) is 4.79 Å². The van der Waals surface area contributed by atoms with Crippen LogP contribution in [-0.2, 0) is 4.79 Å². The molecule has 0 spiro atoms. The molecular formula is C13H23NO2. The molecule has 1 aliphatic carbocycles. The van der Waals surface area contributed by atoms with Crippen molar-refractivity contribution in [3.05, 3.63) is 0 Å². The number of aliphatic carboxylic acids is 1. The zero-order valence-corrected chi connectivity index (χ0v) is 10.4. The number of carbonyl (C=O) groups is 1. The molecule has 2 rings (SSSR count). The molecule has 1 aliphatic heterocycles. The van der Waals surface area contributed by atoms with Crippen molar-refractivity contribution in [3.8, 4) is 0 Å². The number of nitrogens with zero attached hydrogens (tertiary/aromatic N) is 1. The van der Waals surface area contributed by atoms with Gasteiger partial charge in [-0.3, -0.25) is 9.69 Å². The van der Waals surface area contributed by atoms with Gasteiger partial charge >= 0.3 is 5.97 Å². The maximum absolute atomic E-state index is 11.0. The Hall–Kier alpha value is -0.570. The molecule has 0 bridgehead atoms. The molecule has 0 radical (unpaired) electrons. The van der Waals surface area contributed by atoms with Gasteiger partial charge in [-0.15, -0.1) is 0 Å². The van der Waals surface area contributed by atoms with E-state index in [1.165, 1.54) is 19.3 Å². The first-order chi connectivity index (χ1) is 7.62. The van der Waals surface area contributed by atoms with Crippen molar-refractivity contribution >= 4 is 5.97 Å². The summed E-state index contributed by atoms with van der Waals surface area (Å²) >= 11 is 0. The number of rotatable bonds is 4. The summed E-state index contributed by atoms with van der Waals surface area (Å²) < 4.78 is 0. The minimum Gasteiger partial charge on any atom is -0.481 e. The van der Waals surface area contributed by atoms with Gasteiger partial charge in [0.2, 0.25) is 0 Å². The number of likely N-dealkylation sites (tertiary alicyclic amines) is 1. The average molecular weight is 225 g/mol. The molecule has 2 fully saturated rings. The Kier molecular flexibility index (Phi) is 3.24. The van der Waals surface area contributed by atoms with Crippen molar-refractivity contribution in [2.45, 2.75) is 52.0 Å². The quantitative estimate of drug-likeness (QED) is 0.798. The Labute approximate surface area is 97.8 Å². The number of carboxylic acids is 1. The SMILES string of the molecule is CCC1(CC)CCN(C2CCC2C(=O)O)C1. The molecule has 1 saturated carbocycles. The third kappa shape index (κ3) is 1.86. The summed E-state index contributed by atoms with van der Waals surface area (Å²) in [7, 11) is 0. The summed E-state index contributed by atoms with van der Waals surface area (Å²) in [6.45, 7) is 6.76. The van der Waals surface area contributed by atoms with Crippen LogP contribution in [-0.4, -0.2) is 35.1 Å². The van der Waals surface area contributed by atoms with Gasteiger partial charge in [0.15, 0.2) is 0 Å². The van der Waals surface area contributed by atoms with Gasteiger partial charge in [-0.25, -0.2) is 0 Å². The standard InChI is InChI=1S/C13H23NO2/c1-3-13(4-2)7-8-14(9-13)11-6-5-10(11)12(15)16/h10-11H,3-9H2,1-2H3,(H,15,16). The highest BCUT2D eigenvalue weighted by atomic mass is 16.4. The number of hydrogen-bond acceptors (Lipinski definition) is 2. The first-order valence-electron chi connectivity index (χ1n) is 6.59. The van der Waals surface area contributed by atoms with Gasteiger partial charge in [-0.1, -0.05) is 13.8 Å². The third-order valence-corrected chi connectivity index (χ3v) is 4.99. The van der Waals surface area contributed by atoms with Gasteiger partial charge < -0.3 is 5.11 Å². The van der Waals surface area contributed by atoms with Gasteiger partial charge in [0.1, 0.15) is 0 Å². The van der Waals surface area contributed by atoms with Crippen molar-refractivity contribution in [1.29, 1.82) is 0 Å². The van der Waals surface area contributed by atoms with Gasteiger partial charge in [0.25, 0.3) is 0 Å². The van der Waals surface area contributed by atoms with Crippen molar-refractivity contribution in [2.24, 2.45) is 11.3 Å². The lowest BCUT2D eigenvalue weighted by molar-refractivity contribution is -0.148. The monoisotopic (exact) mass is 225 g/mol. The van der Waals surface area contributed by atoms with E-state index in [1.807, 2.05) is 0 Å². The number of carboxylic acid groups (broad SMARTS) is 1. The minimum absolute atomic E-state index is 0.0930. The summed E-state index contributed by atoms with van der Waals surface area (Å²) in [5.41, 5.74) is 0.471. The smallest absolute Gasteiger partial charge is 0.308 e. The Morgan fingerprint density at radius 3 is 2.44 bits per heavy atom. The fraction of sp³-hybridized carbons (Fsp3) is 0.923. The predicted octanol–water partition coefficient (Wildman–Crippen LogP) is 2.36. The van der Waals surface area contributed by atoms with E-state index >= 15 is 0 Å². The van der Waals surface area contributed by atoms with Crippen LogP contribution in [0, 0.1) is 11.3 Å². The van der Waals surface area contributed by atoms with Gasteiger partial charge in [-0.2, -0.15) is 0 Å². The van der Waals surface area contributed by atoms with Crippen LogP contribution < -0.4 is 0 Å². The molecule has 2 unspecified atom stereocenters. The van der Waals surface area contributed by atoms with E-state index in [4.69, 9.17) is 5.11 Å². The normalized spacial score (nSPS) is 33.6. The van der Waals surface area contributed by atoms with E-state index in [0.717, 1.165) is 25.9 Å². The van der Waals surface area contributed by atoms with Gasteiger partial charge in [0.05, 0.1) is 5.92 Å². The minimum atomic E-state index is -0.596. The summed E-state index contributed by atoms with van der Waals surface area (Å²) in [6, 6.07) is 0.331. The van der Waals surface area contributed by atoms with Crippen LogP contribution in [0.5, 0.6) is 0 Å². The topological polar surface area (TPSA) is 40.5 Å². The van der Waals surface area contributed by atoms with Gasteiger partial charge in [0, 0.05) is 12.6 Å². The molecule has 0 amide bonds. The zero-order chi connectivity index (χ0) is 11.8. The fourth-order valence-electron chi connectivity index (χ4n) is 3.29. The van der Waals surface area contributed by atoms with Crippen LogP contribution in [0.25, 0.3) is 0 Å². The highest BCUT2D eigenvalue weighted by Gasteiger charge is 2.45. The molecule has 0 aromatic carbocycles. The molecule has 1 saturated heterocycles. The predicted molar refractivity (Wildman–Crippen MR) is 63.4 cm³/mol. The first-order valence-corrected chi connectivity index (χ1v) is 6.59. The number of hydrogen-bond donors (Lipinski definition) is 1. The van der Waals surface area contributed by atoms with Crippen molar-refractivity contribution in [2.75, 3.05) is 13.1 Å². The molecule has 0 aromatic heterocycles. The highest BCUT2D eigenvalue weighted by molar-refractivity contribution is 5.72. The van der Waals surface area contributed by atoms with E-state index in [1.54, 1.807) is 0 Å². The summed E-state index contributed by atoms with van der Waals surface area (Å²) in [5.74, 6) is -0.689. The van der Waals surface area contributed by atoms with Crippen LogP contribution in [0.3, 0.4) is 0 Å². The maximum Gasteiger partial charge on any atom is 0.308 e. The van der Waals surface area contributed by atoms with Crippen molar-refractivity contribution < 1.29 is 9.90 Å². The van der Waals surface area contributed by atoms with E-state index in [-0.39, 0.29) is 5.92 Å². The second kappa shape index (κ2) is 4.36. The molecule has 2 atom stereocenters. The Morgan fingerprint density at radius 1 is 1.38 bits per heavy atom. The Bertz CT molecular complexity index is 273. The molecule has 3 nitrogen and oxygen atoms in total. The molecule has 2 aliphatic rings. The fourth-order valence-corrected chi connectivity index (χ4v) is 3.29. The van der Waals surface area contributed by atoms with Crippen LogP contribution in [0.1, 0.15) is 46.0 Å². The lowest BCUT2D eigenvalue weighted by atomic mass is 9.78. The highest BCUT2D eigenvalue weighted by Crippen LogP contribution is 2.42. The third-order valence-electron chi connectivity index (χ3n) is 4.99. The van der Waals surface area contributed by atoms with Crippen molar-refractivity contribution in [1.82, 2.24) is 4.90 Å². The summed E-state index contributed by atoms with van der Waals surface area (Å²) in [6.07, 6.45) is 5.67. The molecule has 0 aromatic rings. The lowest BCUT2D eigenvalue weighted by Gasteiger charge is -2.41. The Morgan fingerprint density at radius 2 is 2.06 bits per heavy atom. The van der Waals surface area contributed by atoms with Crippen LogP contribution in [0.4, 0.5) is 0 Å². The van der Waals surface area contributed by atoms with Crippen LogP contribution >= 0.6 is 0 Å². The van der Waals surface area contributed by atoms with Gasteiger partial charge in [-0.05, 0) is 44.1 Å². The maximum atomic E-state index is 11.0. The van der Waals surface area contributed by atoms with E-state index in [2.05, 4.69) is 18.7 Å². The van der Waals surface area contributed by atoms with Crippen LogP contribution in [0.15, 0.2) is 0 Å². The molecule has 92 valence electrons.